The van der Waals surface area contributed by atoms with Crippen LogP contribution in [-0.2, 0) is 6.54 Å². The van der Waals surface area contributed by atoms with Gasteiger partial charge in [-0.25, -0.2) is 4.98 Å². The Balaban J connectivity index is 2.01. The van der Waals surface area contributed by atoms with Crippen molar-refractivity contribution in [2.24, 2.45) is 11.7 Å². The lowest BCUT2D eigenvalue weighted by Gasteiger charge is -2.20. The highest BCUT2D eigenvalue weighted by Gasteiger charge is 2.22. The van der Waals surface area contributed by atoms with Gasteiger partial charge in [0.25, 0.3) is 5.56 Å². The van der Waals surface area contributed by atoms with Crippen LogP contribution in [0.15, 0.2) is 63.8 Å². The first kappa shape index (κ1) is 16.5. The van der Waals surface area contributed by atoms with E-state index in [9.17, 15) is 4.79 Å². The molecule has 0 aliphatic rings. The Hall–Kier alpha value is -2.92. The second kappa shape index (κ2) is 6.42. The summed E-state index contributed by atoms with van der Waals surface area (Å²) in [5.74, 6) is 0.743. The number of para-hydroxylation sites is 1. The third-order valence-corrected chi connectivity index (χ3v) is 4.71. The monoisotopic (exact) mass is 347 g/mol. The standard InChI is InChI=1S/C21H21N3O2/c1-13(2)17(22)20-23-18-15-10-6-7-11-16(15)26-19(18)21(25)24(20)12-14-8-4-3-5-9-14/h3-11,13,17H,12,22H2,1-2H3. The third kappa shape index (κ3) is 2.70. The molecule has 0 fully saturated rings. The molecule has 4 rings (SSSR count). The van der Waals surface area contributed by atoms with E-state index in [-0.39, 0.29) is 23.1 Å². The molecular weight excluding hydrogens is 326 g/mol. The van der Waals surface area contributed by atoms with E-state index in [0.29, 0.717) is 23.5 Å². The van der Waals surface area contributed by atoms with Crippen LogP contribution in [0, 0.1) is 5.92 Å². The fraction of sp³-hybridized carbons (Fsp3) is 0.238. The number of nitrogens with two attached hydrogens (primary N) is 1. The van der Waals surface area contributed by atoms with Crippen molar-refractivity contribution in [3.63, 3.8) is 0 Å². The highest BCUT2D eigenvalue weighted by Crippen LogP contribution is 2.27. The van der Waals surface area contributed by atoms with E-state index in [1.807, 2.05) is 68.4 Å². The summed E-state index contributed by atoms with van der Waals surface area (Å²) in [5.41, 5.74) is 8.76. The van der Waals surface area contributed by atoms with Crippen molar-refractivity contribution < 1.29 is 4.42 Å². The lowest BCUT2D eigenvalue weighted by atomic mass is 10.0. The first-order valence-corrected chi connectivity index (χ1v) is 8.77. The summed E-state index contributed by atoms with van der Waals surface area (Å²) in [5, 5.41) is 0.837. The Morgan fingerprint density at radius 2 is 1.77 bits per heavy atom. The van der Waals surface area contributed by atoms with Crippen LogP contribution in [0.1, 0.15) is 31.3 Å². The summed E-state index contributed by atoms with van der Waals surface area (Å²) in [7, 11) is 0. The summed E-state index contributed by atoms with van der Waals surface area (Å²) < 4.78 is 7.46. The van der Waals surface area contributed by atoms with Crippen molar-refractivity contribution in [1.82, 2.24) is 9.55 Å². The normalized spacial score (nSPS) is 12.9. The Kier molecular flexibility index (Phi) is 4.09. The largest absolute Gasteiger partial charge is 0.448 e. The molecule has 4 aromatic rings. The molecule has 0 saturated carbocycles. The van der Waals surface area contributed by atoms with E-state index in [1.165, 1.54) is 0 Å². The molecule has 2 aromatic carbocycles. The van der Waals surface area contributed by atoms with Crippen LogP contribution < -0.4 is 11.3 Å². The van der Waals surface area contributed by atoms with Gasteiger partial charge in [0.05, 0.1) is 12.6 Å². The quantitative estimate of drug-likeness (QED) is 0.608. The van der Waals surface area contributed by atoms with E-state index in [2.05, 4.69) is 0 Å². The van der Waals surface area contributed by atoms with Crippen molar-refractivity contribution in [2.45, 2.75) is 26.4 Å². The van der Waals surface area contributed by atoms with Crippen molar-refractivity contribution in [1.29, 1.82) is 0 Å². The molecule has 5 heteroatoms. The minimum Gasteiger partial charge on any atom is -0.448 e. The molecule has 26 heavy (non-hydrogen) atoms. The topological polar surface area (TPSA) is 74.1 Å². The zero-order valence-corrected chi connectivity index (χ0v) is 14.8. The van der Waals surface area contributed by atoms with E-state index < -0.39 is 0 Å². The van der Waals surface area contributed by atoms with E-state index >= 15 is 0 Å². The van der Waals surface area contributed by atoms with Crippen LogP contribution in [0.25, 0.3) is 22.1 Å². The van der Waals surface area contributed by atoms with Gasteiger partial charge in [0.2, 0.25) is 5.58 Å². The van der Waals surface area contributed by atoms with Gasteiger partial charge in [-0.05, 0) is 23.6 Å². The van der Waals surface area contributed by atoms with Crippen LogP contribution in [0.2, 0.25) is 0 Å². The minimum absolute atomic E-state index is 0.152. The molecule has 0 aliphatic heterocycles. The number of fused-ring (bicyclic) bond motifs is 3. The zero-order valence-electron chi connectivity index (χ0n) is 14.8. The smallest absolute Gasteiger partial charge is 0.297 e. The van der Waals surface area contributed by atoms with Crippen LogP contribution in [0.5, 0.6) is 0 Å². The summed E-state index contributed by atoms with van der Waals surface area (Å²) in [4.78, 5) is 18.0. The van der Waals surface area contributed by atoms with Crippen molar-refractivity contribution in [3.05, 3.63) is 76.3 Å². The number of nitrogens with zero attached hydrogens (tertiary/aromatic N) is 2. The molecular formula is C21H21N3O2. The summed E-state index contributed by atoms with van der Waals surface area (Å²) >= 11 is 0. The molecule has 5 nitrogen and oxygen atoms in total. The lowest BCUT2D eigenvalue weighted by molar-refractivity contribution is 0.461. The molecule has 0 aliphatic carbocycles. The number of rotatable bonds is 4. The maximum Gasteiger partial charge on any atom is 0.297 e. The molecule has 0 amide bonds. The average Bonchev–Trinajstić information content (AvgIpc) is 3.03. The van der Waals surface area contributed by atoms with Gasteiger partial charge in [-0.2, -0.15) is 0 Å². The Morgan fingerprint density at radius 3 is 2.50 bits per heavy atom. The second-order valence-corrected chi connectivity index (χ2v) is 6.89. The molecule has 132 valence electrons. The van der Waals surface area contributed by atoms with Crippen LogP contribution >= 0.6 is 0 Å². The molecule has 0 radical (unpaired) electrons. The Bertz CT molecular complexity index is 1130. The summed E-state index contributed by atoms with van der Waals surface area (Å²) in [6.07, 6.45) is 0. The van der Waals surface area contributed by atoms with Gasteiger partial charge in [-0.3, -0.25) is 9.36 Å². The molecule has 2 N–H and O–H groups in total. The number of hydrogen-bond donors (Lipinski definition) is 1. The van der Waals surface area contributed by atoms with Crippen LogP contribution in [-0.4, -0.2) is 9.55 Å². The van der Waals surface area contributed by atoms with Crippen LogP contribution in [0.3, 0.4) is 0 Å². The predicted molar refractivity (Wildman–Crippen MR) is 103 cm³/mol. The lowest BCUT2D eigenvalue weighted by Crippen LogP contribution is -2.31. The molecule has 2 aromatic heterocycles. The van der Waals surface area contributed by atoms with Gasteiger partial charge in [0.1, 0.15) is 16.9 Å². The molecule has 0 bridgehead atoms. The fourth-order valence-corrected chi connectivity index (χ4v) is 3.16. The molecule has 0 spiro atoms. The fourth-order valence-electron chi connectivity index (χ4n) is 3.16. The van der Waals surface area contributed by atoms with Gasteiger partial charge < -0.3 is 10.2 Å². The van der Waals surface area contributed by atoms with Crippen molar-refractivity contribution in [3.8, 4) is 0 Å². The van der Waals surface area contributed by atoms with Gasteiger partial charge in [0.15, 0.2) is 0 Å². The Morgan fingerprint density at radius 1 is 1.08 bits per heavy atom. The summed E-state index contributed by atoms with van der Waals surface area (Å²) in [6.45, 7) is 4.47. The van der Waals surface area contributed by atoms with Gasteiger partial charge >= 0.3 is 0 Å². The maximum absolute atomic E-state index is 13.2. The highest BCUT2D eigenvalue weighted by molar-refractivity contribution is 6.01. The first-order chi connectivity index (χ1) is 12.6. The molecule has 2 heterocycles. The van der Waals surface area contributed by atoms with Crippen molar-refractivity contribution >= 4 is 22.1 Å². The highest BCUT2D eigenvalue weighted by atomic mass is 16.3. The number of hydrogen-bond acceptors (Lipinski definition) is 4. The van der Waals surface area contributed by atoms with Gasteiger partial charge in [0, 0.05) is 5.39 Å². The zero-order chi connectivity index (χ0) is 18.3. The third-order valence-electron chi connectivity index (χ3n) is 4.71. The number of benzene rings is 2. The summed E-state index contributed by atoms with van der Waals surface area (Å²) in [6, 6.07) is 17.0. The van der Waals surface area contributed by atoms with Crippen LogP contribution in [0.4, 0.5) is 0 Å². The molecule has 1 unspecified atom stereocenters. The van der Waals surface area contributed by atoms with Gasteiger partial charge in [-0.1, -0.05) is 56.3 Å². The van der Waals surface area contributed by atoms with E-state index in [1.54, 1.807) is 4.57 Å². The minimum atomic E-state index is -0.343. The molecule has 0 saturated heterocycles. The molecule has 1 atom stereocenters. The predicted octanol–water partition coefficient (Wildman–Crippen LogP) is 3.85. The van der Waals surface area contributed by atoms with Gasteiger partial charge in [-0.15, -0.1) is 0 Å². The second-order valence-electron chi connectivity index (χ2n) is 6.89. The number of aromatic nitrogens is 2. The Labute approximate surface area is 151 Å². The number of furan rings is 1. The van der Waals surface area contributed by atoms with Crippen molar-refractivity contribution in [2.75, 3.05) is 0 Å². The van der Waals surface area contributed by atoms with E-state index in [0.717, 1.165) is 10.9 Å². The SMILES string of the molecule is CC(C)C(N)c1nc2c(oc3ccccc32)c(=O)n1Cc1ccccc1. The average molecular weight is 347 g/mol. The first-order valence-electron chi connectivity index (χ1n) is 8.77. The van der Waals surface area contributed by atoms with E-state index in [4.69, 9.17) is 15.1 Å². The maximum atomic E-state index is 13.2.